The molecule has 170 valence electrons. The highest BCUT2D eigenvalue weighted by Gasteiger charge is 2.34. The molecule has 3 aromatic carbocycles. The normalized spacial score (nSPS) is 16.4. The lowest BCUT2D eigenvalue weighted by Crippen LogP contribution is -2.31. The molecule has 0 saturated carbocycles. The number of ether oxygens (including phenoxy) is 2. The summed E-state index contributed by atoms with van der Waals surface area (Å²) in [6, 6.07) is 17.2. The lowest BCUT2D eigenvalue weighted by molar-refractivity contribution is 0.0873. The van der Waals surface area contributed by atoms with Gasteiger partial charge in [-0.25, -0.2) is 0 Å². The average Bonchev–Trinajstić information content (AvgIpc) is 3.33. The van der Waals surface area contributed by atoms with Crippen molar-refractivity contribution in [2.75, 3.05) is 6.73 Å². The fourth-order valence-electron chi connectivity index (χ4n) is 4.63. The Bertz CT molecular complexity index is 1510. The van der Waals surface area contributed by atoms with Gasteiger partial charge in [-0.1, -0.05) is 47.5 Å². The molecule has 1 aromatic heterocycles. The molecular formula is C27H20Cl2N2O3. The Hall–Kier alpha value is -3.25. The van der Waals surface area contributed by atoms with Crippen molar-refractivity contribution >= 4 is 46.0 Å². The Morgan fingerprint density at radius 3 is 2.79 bits per heavy atom. The van der Waals surface area contributed by atoms with Crippen LogP contribution in [0.1, 0.15) is 27.0 Å². The maximum atomic E-state index is 13.2. The molecular weight excluding hydrogens is 471 g/mol. The van der Waals surface area contributed by atoms with Crippen molar-refractivity contribution in [3.05, 3.63) is 98.9 Å². The highest BCUT2D eigenvalue weighted by atomic mass is 35.5. The van der Waals surface area contributed by atoms with E-state index in [4.69, 9.17) is 32.7 Å². The van der Waals surface area contributed by atoms with E-state index in [1.54, 1.807) is 12.1 Å². The molecule has 3 heterocycles. The molecule has 6 rings (SSSR count). The molecule has 0 aliphatic carbocycles. The Morgan fingerprint density at radius 1 is 1.09 bits per heavy atom. The van der Waals surface area contributed by atoms with Crippen LogP contribution < -0.4 is 9.47 Å². The van der Waals surface area contributed by atoms with E-state index in [9.17, 15) is 4.79 Å². The van der Waals surface area contributed by atoms with Gasteiger partial charge in [0.15, 0.2) is 5.76 Å². The fraction of sp³-hybridized carbons (Fsp3) is 0.148. The number of fused-ring (bicyclic) bond motifs is 4. The maximum absolute atomic E-state index is 13.2. The van der Waals surface area contributed by atoms with E-state index in [0.29, 0.717) is 46.9 Å². The van der Waals surface area contributed by atoms with Crippen LogP contribution in [0.25, 0.3) is 17.0 Å². The predicted octanol–water partition coefficient (Wildman–Crippen LogP) is 6.45. The van der Waals surface area contributed by atoms with Gasteiger partial charge in [0.2, 0.25) is 5.78 Å². The molecule has 0 bridgehead atoms. The van der Waals surface area contributed by atoms with Crippen LogP contribution >= 0.6 is 23.2 Å². The molecule has 34 heavy (non-hydrogen) atoms. The van der Waals surface area contributed by atoms with Gasteiger partial charge in [-0.05, 0) is 42.0 Å². The molecule has 0 radical (unpaired) electrons. The third kappa shape index (κ3) is 3.57. The molecule has 2 aliphatic heterocycles. The number of hydrogen-bond donors (Lipinski definition) is 0. The number of ketones is 1. The van der Waals surface area contributed by atoms with Crippen molar-refractivity contribution in [1.29, 1.82) is 0 Å². The van der Waals surface area contributed by atoms with Crippen LogP contribution in [0.15, 0.2) is 66.6 Å². The average molecular weight is 491 g/mol. The van der Waals surface area contributed by atoms with E-state index in [2.05, 4.69) is 11.0 Å². The third-order valence-electron chi connectivity index (χ3n) is 6.31. The summed E-state index contributed by atoms with van der Waals surface area (Å²) in [5, 5.41) is 2.29. The van der Waals surface area contributed by atoms with Crippen LogP contribution in [0.5, 0.6) is 11.5 Å². The van der Waals surface area contributed by atoms with Crippen molar-refractivity contribution in [3.8, 4) is 11.5 Å². The molecule has 0 atom stereocenters. The van der Waals surface area contributed by atoms with Gasteiger partial charge >= 0.3 is 0 Å². The zero-order valence-electron chi connectivity index (χ0n) is 18.3. The minimum atomic E-state index is -0.122. The van der Waals surface area contributed by atoms with Gasteiger partial charge in [0.1, 0.15) is 18.2 Å². The van der Waals surface area contributed by atoms with Crippen molar-refractivity contribution in [2.45, 2.75) is 13.1 Å². The zero-order chi connectivity index (χ0) is 23.4. The first-order valence-electron chi connectivity index (χ1n) is 10.9. The van der Waals surface area contributed by atoms with Crippen molar-refractivity contribution in [2.24, 2.45) is 7.05 Å². The Morgan fingerprint density at radius 2 is 1.94 bits per heavy atom. The molecule has 4 aromatic rings. The monoisotopic (exact) mass is 490 g/mol. The number of halogens is 2. The van der Waals surface area contributed by atoms with E-state index < -0.39 is 0 Å². The quantitative estimate of drug-likeness (QED) is 0.309. The number of carbonyl (C=O) groups excluding carboxylic acids is 1. The number of nitrogens with zero attached hydrogens (tertiary/aromatic N) is 2. The van der Waals surface area contributed by atoms with Crippen molar-refractivity contribution < 1.29 is 14.3 Å². The summed E-state index contributed by atoms with van der Waals surface area (Å²) in [4.78, 5) is 15.3. The third-order valence-corrected chi connectivity index (χ3v) is 6.89. The number of para-hydroxylation sites is 1. The lowest BCUT2D eigenvalue weighted by atomic mass is 10.0. The highest BCUT2D eigenvalue weighted by Crippen LogP contribution is 2.42. The van der Waals surface area contributed by atoms with Gasteiger partial charge in [0, 0.05) is 52.8 Å². The first-order chi connectivity index (χ1) is 16.5. The molecule has 0 unspecified atom stereocenters. The second-order valence-corrected chi connectivity index (χ2v) is 9.41. The Labute approximate surface area is 206 Å². The second kappa shape index (κ2) is 8.20. The van der Waals surface area contributed by atoms with Crippen LogP contribution in [-0.4, -0.2) is 22.0 Å². The number of hydrogen-bond acceptors (Lipinski definition) is 4. The molecule has 0 amide bonds. The Balaban J connectivity index is 1.31. The Kier molecular flexibility index (Phi) is 5.14. The van der Waals surface area contributed by atoms with E-state index >= 15 is 0 Å². The summed E-state index contributed by atoms with van der Waals surface area (Å²) >= 11 is 12.4. The summed E-state index contributed by atoms with van der Waals surface area (Å²) in [6.45, 7) is 1.58. The number of carbonyl (C=O) groups is 1. The van der Waals surface area contributed by atoms with Crippen LogP contribution in [-0.2, 0) is 20.1 Å². The topological polar surface area (TPSA) is 43.7 Å². The maximum Gasteiger partial charge on any atom is 0.231 e. The van der Waals surface area contributed by atoms with Gasteiger partial charge in [0.25, 0.3) is 0 Å². The number of allylic oxidation sites excluding steroid dienone is 1. The molecule has 0 saturated heterocycles. The smallest absolute Gasteiger partial charge is 0.231 e. The minimum Gasteiger partial charge on any atom is -0.478 e. The molecule has 0 spiro atoms. The number of Topliss-reactive ketones (excluding diaryl/α,β-unsaturated/α-hetero) is 1. The summed E-state index contributed by atoms with van der Waals surface area (Å²) in [6.07, 6.45) is 3.83. The number of aromatic nitrogens is 1. The van der Waals surface area contributed by atoms with Crippen LogP contribution in [0, 0.1) is 0 Å². The number of benzene rings is 3. The second-order valence-electron chi connectivity index (χ2n) is 8.57. The summed E-state index contributed by atoms with van der Waals surface area (Å²) in [5.74, 6) is 1.50. The first kappa shape index (κ1) is 21.3. The van der Waals surface area contributed by atoms with Crippen LogP contribution in [0.3, 0.4) is 0 Å². The molecule has 7 heteroatoms. The molecule has 5 nitrogen and oxygen atoms in total. The van der Waals surface area contributed by atoms with Gasteiger partial charge in [-0.3, -0.25) is 9.69 Å². The van der Waals surface area contributed by atoms with E-state index in [1.165, 1.54) is 0 Å². The van der Waals surface area contributed by atoms with Gasteiger partial charge in [0.05, 0.1) is 11.1 Å². The van der Waals surface area contributed by atoms with Gasteiger partial charge in [-0.2, -0.15) is 0 Å². The lowest BCUT2D eigenvalue weighted by Gasteiger charge is -2.30. The summed E-state index contributed by atoms with van der Waals surface area (Å²) in [5.41, 5.74) is 4.42. The van der Waals surface area contributed by atoms with E-state index in [-0.39, 0.29) is 5.78 Å². The molecule has 2 aliphatic rings. The van der Waals surface area contributed by atoms with Crippen molar-refractivity contribution in [3.63, 3.8) is 0 Å². The van der Waals surface area contributed by atoms with E-state index in [1.807, 2.05) is 60.3 Å². The first-order valence-corrected chi connectivity index (χ1v) is 11.7. The van der Waals surface area contributed by atoms with Gasteiger partial charge < -0.3 is 14.0 Å². The largest absolute Gasteiger partial charge is 0.478 e. The standard InChI is InChI=1S/C27H20Cl2N2O3/c1-30-12-17(19-4-2-3-5-23(19)30)10-25-26(32)20-8-9-24-21(27(20)34-25)14-31(15-33-24)13-16-6-7-18(28)11-22(16)29/h2-12H,13-15H2,1H3/b25-10-. The SMILES string of the molecule is Cn1cc(/C=C2\Oc3c(ccc4c3CN(Cc3ccc(Cl)cc3Cl)CO4)C2=O)c2ccccc21. The minimum absolute atomic E-state index is 0.122. The van der Waals surface area contributed by atoms with Crippen LogP contribution in [0.4, 0.5) is 0 Å². The van der Waals surface area contributed by atoms with Gasteiger partial charge in [-0.15, -0.1) is 0 Å². The van der Waals surface area contributed by atoms with Crippen LogP contribution in [0.2, 0.25) is 10.0 Å². The molecule has 0 fully saturated rings. The highest BCUT2D eigenvalue weighted by molar-refractivity contribution is 6.35. The summed E-state index contributed by atoms with van der Waals surface area (Å²) < 4.78 is 14.2. The molecule has 0 N–H and O–H groups in total. The summed E-state index contributed by atoms with van der Waals surface area (Å²) in [7, 11) is 1.99. The zero-order valence-corrected chi connectivity index (χ0v) is 19.9. The fourth-order valence-corrected chi connectivity index (χ4v) is 5.09. The van der Waals surface area contributed by atoms with E-state index in [0.717, 1.165) is 33.3 Å². The number of aryl methyl sites for hydroxylation is 1. The predicted molar refractivity (Wildman–Crippen MR) is 134 cm³/mol. The van der Waals surface area contributed by atoms with Crippen molar-refractivity contribution in [1.82, 2.24) is 9.47 Å². The number of rotatable bonds is 3.